The van der Waals surface area contributed by atoms with Crippen LogP contribution in [0, 0.1) is 0 Å². The van der Waals surface area contributed by atoms with E-state index in [1.807, 2.05) is 0 Å². The Bertz CT molecular complexity index is 172. The molecule has 0 aromatic heterocycles. The van der Waals surface area contributed by atoms with Crippen LogP contribution in [0.5, 0.6) is 11.5 Å². The first-order chi connectivity index (χ1) is 3.80. The highest BCUT2D eigenvalue weighted by Crippen LogP contribution is 2.21. The monoisotopic (exact) mass is 204 g/mol. The van der Waals surface area contributed by atoms with Crippen LogP contribution in [0.3, 0.4) is 0 Å². The van der Waals surface area contributed by atoms with Crippen LogP contribution in [0.2, 0.25) is 0 Å². The molecule has 2 N–H and O–H groups in total. The molecule has 0 aliphatic rings. The minimum absolute atomic E-state index is 0. The topological polar surface area (TPSA) is 40.5 Å². The Morgan fingerprint density at radius 1 is 0.900 bits per heavy atom. The Balaban J connectivity index is 0. The lowest BCUT2D eigenvalue weighted by Crippen LogP contribution is -1.63. The van der Waals surface area contributed by atoms with E-state index in [-0.39, 0.29) is 36.9 Å². The first-order valence-electron chi connectivity index (χ1n) is 2.27. The molecule has 0 fully saturated rings. The first kappa shape index (κ1) is 12.1. The number of phenolic OH excluding ortho intramolecular Hbond substituents is 2. The van der Waals surface area contributed by atoms with Crippen LogP contribution in [-0.2, 0) is 0 Å². The summed E-state index contributed by atoms with van der Waals surface area (Å²) in [6.45, 7) is 0. The highest BCUT2D eigenvalue weighted by molar-refractivity contribution is 8.93. The van der Waals surface area contributed by atoms with Gasteiger partial charge in [-0.1, -0.05) is 12.1 Å². The van der Waals surface area contributed by atoms with E-state index in [0.29, 0.717) is 0 Å². The van der Waals surface area contributed by atoms with Crippen molar-refractivity contribution >= 4 is 25.4 Å². The van der Waals surface area contributed by atoms with Crippen LogP contribution in [0.25, 0.3) is 0 Å². The Hall–Kier alpha value is -0.635. The van der Waals surface area contributed by atoms with Crippen LogP contribution in [0.1, 0.15) is 0 Å². The molecule has 56 valence electrons. The number of halogens is 1. The third-order valence-electron chi connectivity index (χ3n) is 0.882. The van der Waals surface area contributed by atoms with E-state index >= 15 is 0 Å². The van der Waals surface area contributed by atoms with Gasteiger partial charge in [-0.15, -0.1) is 17.0 Å². The molecule has 0 bridgehead atoms. The quantitative estimate of drug-likeness (QED) is 0.477. The van der Waals surface area contributed by atoms with Gasteiger partial charge in [0.25, 0.3) is 0 Å². The normalized spacial score (nSPS) is 7.20. The Labute approximate surface area is 71.9 Å². The summed E-state index contributed by atoms with van der Waals surface area (Å²) in [5, 5.41) is 17.3. The summed E-state index contributed by atoms with van der Waals surface area (Å²) in [5.74, 6) is -0.153. The minimum Gasteiger partial charge on any atom is -0.504 e. The highest BCUT2D eigenvalue weighted by Gasteiger charge is 1.90. The molecule has 0 atom stereocenters. The zero-order valence-corrected chi connectivity index (χ0v) is 6.33. The largest absolute Gasteiger partial charge is 0.504 e. The number of benzene rings is 1. The summed E-state index contributed by atoms with van der Waals surface area (Å²) in [6, 6.07) is 6.15. The molecule has 1 rings (SSSR count). The van der Waals surface area contributed by atoms with E-state index in [0.717, 1.165) is 0 Å². The van der Waals surface area contributed by atoms with E-state index in [4.69, 9.17) is 10.2 Å². The summed E-state index contributed by atoms with van der Waals surface area (Å²) >= 11 is 0. The molecule has 0 saturated carbocycles. The second-order valence-electron chi connectivity index (χ2n) is 1.49. The predicted octanol–water partition coefficient (Wildman–Crippen LogP) is 0.492. The van der Waals surface area contributed by atoms with E-state index in [1.54, 1.807) is 12.1 Å². The predicted molar refractivity (Wildman–Crippen MR) is 50.0 cm³/mol. The molecule has 1 aromatic carbocycles. The summed E-state index contributed by atoms with van der Waals surface area (Å²) in [7, 11) is 0. The molecule has 2 nitrogen and oxygen atoms in total. The molecule has 0 aliphatic heterocycles. The fourth-order valence-electron chi connectivity index (χ4n) is 0.464. The molecule has 0 heterocycles. The van der Waals surface area contributed by atoms with Gasteiger partial charge in [-0.05, 0) is 12.1 Å². The number of aromatic hydroxyl groups is 2. The van der Waals surface area contributed by atoms with Crippen LogP contribution >= 0.6 is 17.0 Å². The lowest BCUT2D eigenvalue weighted by molar-refractivity contribution is 0.404. The molecular formula is C6H10BBrO2. The lowest BCUT2D eigenvalue weighted by atomic mass is 10.3. The van der Waals surface area contributed by atoms with Gasteiger partial charge < -0.3 is 10.2 Å². The average Bonchev–Trinajstić information content (AvgIpc) is 1.77. The molecule has 0 aliphatic carbocycles. The molecular weight excluding hydrogens is 195 g/mol. The minimum atomic E-state index is -0.0764. The van der Waals surface area contributed by atoms with Crippen molar-refractivity contribution in [3.63, 3.8) is 0 Å². The highest BCUT2D eigenvalue weighted by atomic mass is 79.9. The zero-order chi connectivity index (χ0) is 5.98. The maximum atomic E-state index is 8.67. The second kappa shape index (κ2) is 5.17. The molecule has 0 amide bonds. The zero-order valence-electron chi connectivity index (χ0n) is 4.61. The van der Waals surface area contributed by atoms with Crippen molar-refractivity contribution in [3.8, 4) is 11.5 Å². The third-order valence-corrected chi connectivity index (χ3v) is 0.882. The Morgan fingerprint density at radius 2 is 1.20 bits per heavy atom. The van der Waals surface area contributed by atoms with Crippen LogP contribution in [0.15, 0.2) is 24.3 Å². The van der Waals surface area contributed by atoms with Gasteiger partial charge in [0, 0.05) is 0 Å². The van der Waals surface area contributed by atoms with Crippen molar-refractivity contribution in [2.75, 3.05) is 0 Å². The summed E-state index contributed by atoms with van der Waals surface area (Å²) in [4.78, 5) is 0. The van der Waals surface area contributed by atoms with Crippen molar-refractivity contribution in [2.45, 2.75) is 0 Å². The van der Waals surface area contributed by atoms with Crippen LogP contribution in [0.4, 0.5) is 0 Å². The summed E-state index contributed by atoms with van der Waals surface area (Å²) in [6.07, 6.45) is 0. The molecule has 0 saturated heterocycles. The number of rotatable bonds is 0. The van der Waals surface area contributed by atoms with Gasteiger partial charge in [-0.25, -0.2) is 0 Å². The number of phenols is 2. The van der Waals surface area contributed by atoms with Crippen molar-refractivity contribution in [1.29, 1.82) is 0 Å². The summed E-state index contributed by atoms with van der Waals surface area (Å²) in [5.41, 5.74) is 0. The van der Waals surface area contributed by atoms with E-state index in [2.05, 4.69) is 0 Å². The fraction of sp³-hybridized carbons (Fsp3) is 0. The summed E-state index contributed by atoms with van der Waals surface area (Å²) < 4.78 is 0. The van der Waals surface area contributed by atoms with Gasteiger partial charge >= 0.3 is 0 Å². The van der Waals surface area contributed by atoms with Crippen molar-refractivity contribution in [3.05, 3.63) is 24.3 Å². The molecule has 0 spiro atoms. The van der Waals surface area contributed by atoms with E-state index < -0.39 is 0 Å². The second-order valence-corrected chi connectivity index (χ2v) is 1.49. The van der Waals surface area contributed by atoms with Gasteiger partial charge in [0.1, 0.15) is 0 Å². The number of hydrogen-bond acceptors (Lipinski definition) is 2. The molecule has 10 heavy (non-hydrogen) atoms. The first-order valence-corrected chi connectivity index (χ1v) is 2.27. The maximum absolute atomic E-state index is 8.67. The molecule has 0 radical (unpaired) electrons. The van der Waals surface area contributed by atoms with Gasteiger partial charge in [0.05, 0.1) is 8.41 Å². The van der Waals surface area contributed by atoms with Gasteiger partial charge in [0.15, 0.2) is 11.5 Å². The van der Waals surface area contributed by atoms with E-state index in [1.165, 1.54) is 12.1 Å². The van der Waals surface area contributed by atoms with Crippen molar-refractivity contribution in [2.24, 2.45) is 0 Å². The lowest BCUT2D eigenvalue weighted by Gasteiger charge is -1.91. The van der Waals surface area contributed by atoms with Crippen LogP contribution < -0.4 is 0 Å². The number of para-hydroxylation sites is 2. The van der Waals surface area contributed by atoms with Gasteiger partial charge in [-0.2, -0.15) is 0 Å². The maximum Gasteiger partial charge on any atom is 0.157 e. The molecule has 0 unspecified atom stereocenters. The SMILES string of the molecule is B.Br.Oc1ccccc1O. The standard InChI is InChI=1S/C6H6O2.BH3.BrH/c7-5-3-1-2-4-6(5)8;;/h1-4,7-8H;1H3;1H. The Kier molecular flexibility index (Phi) is 6.25. The van der Waals surface area contributed by atoms with Crippen molar-refractivity contribution in [1.82, 2.24) is 0 Å². The fourth-order valence-corrected chi connectivity index (χ4v) is 0.464. The molecule has 4 heteroatoms. The van der Waals surface area contributed by atoms with E-state index in [9.17, 15) is 0 Å². The third kappa shape index (κ3) is 2.78. The Morgan fingerprint density at radius 3 is 1.40 bits per heavy atom. The smallest absolute Gasteiger partial charge is 0.157 e. The van der Waals surface area contributed by atoms with Crippen molar-refractivity contribution < 1.29 is 10.2 Å². The number of hydrogen-bond donors (Lipinski definition) is 2. The van der Waals surface area contributed by atoms with Crippen LogP contribution in [-0.4, -0.2) is 18.6 Å². The molecule has 1 aromatic rings. The van der Waals surface area contributed by atoms with Gasteiger partial charge in [-0.3, -0.25) is 0 Å². The van der Waals surface area contributed by atoms with Gasteiger partial charge in [0.2, 0.25) is 0 Å². The average molecular weight is 205 g/mol.